The number of alkyl halides is 1. The summed E-state index contributed by atoms with van der Waals surface area (Å²) in [6.45, 7) is 12.8. The van der Waals surface area contributed by atoms with E-state index in [1.807, 2.05) is 26.8 Å². The van der Waals surface area contributed by atoms with Crippen LogP contribution in [0.25, 0.3) is 0 Å². The van der Waals surface area contributed by atoms with Crippen LogP contribution < -0.4 is 5.73 Å². The van der Waals surface area contributed by atoms with Crippen LogP contribution in [0.15, 0.2) is 23.3 Å². The van der Waals surface area contributed by atoms with Crippen LogP contribution in [0.1, 0.15) is 113 Å². The van der Waals surface area contributed by atoms with Crippen LogP contribution in [0.3, 0.4) is 0 Å². The number of hydrogen-bond acceptors (Lipinski definition) is 12. The Morgan fingerprint density at radius 1 is 1.02 bits per heavy atom. The van der Waals surface area contributed by atoms with Crippen molar-refractivity contribution < 1.29 is 57.5 Å². The van der Waals surface area contributed by atoms with E-state index in [0.717, 1.165) is 17.7 Å². The average Bonchev–Trinajstić information content (AvgIpc) is 3.21. The van der Waals surface area contributed by atoms with Crippen LogP contribution in [0.2, 0.25) is 0 Å². The minimum Gasteiger partial charge on any atom is -0.456 e. The second-order valence-corrected chi connectivity index (χ2v) is 17.4. The van der Waals surface area contributed by atoms with Crippen molar-refractivity contribution in [3.63, 3.8) is 0 Å². The minimum absolute atomic E-state index is 0.0441. The molecule has 0 spiro atoms. The Balaban J connectivity index is 1.78. The predicted octanol–water partition coefficient (Wildman–Crippen LogP) is 4.78. The van der Waals surface area contributed by atoms with Gasteiger partial charge in [-0.15, -0.1) is 0 Å². The number of hydrogen-bond donors (Lipinski definition) is 3. The molecule has 330 valence electrons. The molecule has 58 heavy (non-hydrogen) atoms. The molecular weight excluding hydrogens is 751 g/mol. The van der Waals surface area contributed by atoms with E-state index >= 15 is 4.39 Å². The largest absolute Gasteiger partial charge is 0.456 e. The van der Waals surface area contributed by atoms with Gasteiger partial charge >= 0.3 is 5.97 Å². The van der Waals surface area contributed by atoms with Crippen molar-refractivity contribution in [1.82, 2.24) is 4.90 Å². The Morgan fingerprint density at radius 3 is 2.33 bits per heavy atom. The summed E-state index contributed by atoms with van der Waals surface area (Å²) in [5.41, 5.74) is 7.36. The maximum Gasteiger partial charge on any atom is 0.329 e. The Kier molecular flexibility index (Phi) is 17.6. The predicted molar refractivity (Wildman–Crippen MR) is 215 cm³/mol. The van der Waals surface area contributed by atoms with Crippen molar-refractivity contribution >= 4 is 23.4 Å². The molecule has 1 aliphatic carbocycles. The standard InChI is InChI=1S/C44H71FN2O11/c1-10-30-19-24(3)38(45)25(4)20-36(54-8)40-37(55-9)21-27(6)44(53,58-40)41(50)42(51)47-17-13-12-14-32(47)43(52)57-39(28(7)33(48)23-34(30)49)26(5)18-29-15-16-31(46)35(22-29)56-11-2/h18-19,25,27-33,35-40,48,53H,10-17,20-23,46H2,1-9H3/b24-19+,26-18?. The summed E-state index contributed by atoms with van der Waals surface area (Å²) < 4.78 is 46.1. The van der Waals surface area contributed by atoms with E-state index in [1.165, 1.54) is 14.2 Å². The number of Topliss-reactive ketones (excluding diaryl/α,β-unsaturated/α-hetero) is 2. The molecule has 2 bridgehead atoms. The second-order valence-electron chi connectivity index (χ2n) is 17.4. The quantitative estimate of drug-likeness (QED) is 0.182. The van der Waals surface area contributed by atoms with Gasteiger partial charge in [0.15, 0.2) is 0 Å². The number of carbonyl (C=O) groups is 4. The van der Waals surface area contributed by atoms with Crippen molar-refractivity contribution in [3.05, 3.63) is 23.3 Å². The molecule has 0 radical (unpaired) electrons. The lowest BCUT2D eigenvalue weighted by molar-refractivity contribution is -0.302. The summed E-state index contributed by atoms with van der Waals surface area (Å²) in [6, 6.07) is -1.26. The lowest BCUT2D eigenvalue weighted by Gasteiger charge is -2.47. The number of allylic oxidation sites excluding steroid dienone is 3. The Hall–Kier alpha value is -2.59. The molecule has 3 heterocycles. The molecule has 15 atom stereocenters. The lowest BCUT2D eigenvalue weighted by atomic mass is 9.81. The maximum absolute atomic E-state index is 16.2. The highest BCUT2D eigenvalue weighted by Gasteiger charge is 2.57. The molecule has 1 saturated carbocycles. The van der Waals surface area contributed by atoms with Crippen LogP contribution in [0.4, 0.5) is 4.39 Å². The number of methoxy groups -OCH3 is 2. The number of carbonyl (C=O) groups excluding carboxylic acids is 4. The first kappa shape index (κ1) is 48.1. The van der Waals surface area contributed by atoms with Gasteiger partial charge in [0.25, 0.3) is 11.7 Å². The molecule has 0 aromatic heterocycles. The second kappa shape index (κ2) is 21.3. The molecule has 1 amide bonds. The van der Waals surface area contributed by atoms with E-state index < -0.39 is 89.9 Å². The summed E-state index contributed by atoms with van der Waals surface area (Å²) in [4.78, 5) is 57.7. The topological polar surface area (TPSA) is 184 Å². The van der Waals surface area contributed by atoms with E-state index in [1.54, 1.807) is 33.8 Å². The van der Waals surface area contributed by atoms with Gasteiger partial charge in [0.1, 0.15) is 30.2 Å². The van der Waals surface area contributed by atoms with Crippen LogP contribution in [0, 0.1) is 29.6 Å². The third-order valence-electron chi connectivity index (χ3n) is 13.3. The third-order valence-corrected chi connectivity index (χ3v) is 13.3. The maximum atomic E-state index is 16.2. The summed E-state index contributed by atoms with van der Waals surface area (Å²) in [5.74, 6) is -8.90. The molecule has 3 fully saturated rings. The molecule has 2 saturated heterocycles. The highest BCUT2D eigenvalue weighted by atomic mass is 19.1. The number of rotatable bonds is 7. The number of aliphatic hydroxyl groups excluding tert-OH is 1. The average molecular weight is 823 g/mol. The normalized spacial score (nSPS) is 41.8. The highest BCUT2D eigenvalue weighted by Crippen LogP contribution is 2.39. The number of piperidine rings is 1. The number of halogens is 1. The third kappa shape index (κ3) is 11.0. The number of esters is 1. The monoisotopic (exact) mass is 823 g/mol. The fraction of sp³-hybridized carbons (Fsp3) is 0.818. The van der Waals surface area contributed by atoms with E-state index in [9.17, 15) is 29.4 Å². The van der Waals surface area contributed by atoms with Crippen molar-refractivity contribution in [2.75, 3.05) is 27.4 Å². The molecule has 4 rings (SSSR count). The van der Waals surface area contributed by atoms with Crippen molar-refractivity contribution in [2.24, 2.45) is 35.3 Å². The molecule has 15 unspecified atom stereocenters. The Bertz CT molecular complexity index is 1490. The fourth-order valence-corrected chi connectivity index (χ4v) is 9.49. The molecule has 13 nitrogen and oxygen atoms in total. The van der Waals surface area contributed by atoms with E-state index in [4.69, 9.17) is 29.4 Å². The summed E-state index contributed by atoms with van der Waals surface area (Å²) in [6.07, 6.45) is 0.992. The van der Waals surface area contributed by atoms with E-state index in [2.05, 4.69) is 0 Å². The van der Waals surface area contributed by atoms with Crippen molar-refractivity contribution in [2.45, 2.75) is 173 Å². The number of ether oxygens (including phenoxy) is 5. The van der Waals surface area contributed by atoms with Gasteiger partial charge in [-0.1, -0.05) is 39.8 Å². The van der Waals surface area contributed by atoms with Crippen molar-refractivity contribution in [3.8, 4) is 0 Å². The number of ketones is 2. The Labute approximate surface area is 344 Å². The first-order valence-electron chi connectivity index (χ1n) is 21.5. The smallest absolute Gasteiger partial charge is 0.329 e. The summed E-state index contributed by atoms with van der Waals surface area (Å²) in [7, 11) is 2.89. The number of nitrogens with two attached hydrogens (primary N) is 1. The van der Waals surface area contributed by atoms with Gasteiger partial charge in [0.05, 0.1) is 24.4 Å². The number of amides is 1. The fourth-order valence-electron chi connectivity index (χ4n) is 9.49. The van der Waals surface area contributed by atoms with E-state index in [-0.39, 0.29) is 56.1 Å². The molecule has 4 N–H and O–H groups in total. The molecule has 3 aliphatic heterocycles. The SMILES string of the molecule is CCOC1CC(C=C(C)C2OC(=O)C3CCCCN3C(=O)C(=O)C3(O)OC(C(OC)CC(C)C(F)/C(C)=C/C(CC)C(=O)CC(O)C2C)C(OC)CC3C)CCC1N. The number of nitrogens with zero attached hydrogens (tertiary/aromatic N) is 1. The van der Waals surface area contributed by atoms with Crippen LogP contribution in [-0.4, -0.2) is 127 Å². The van der Waals surface area contributed by atoms with Gasteiger partial charge in [0, 0.05) is 57.6 Å². The number of fused-ring (bicyclic) bond motifs is 3. The van der Waals surface area contributed by atoms with Gasteiger partial charge in [-0.3, -0.25) is 14.4 Å². The molecule has 0 aromatic carbocycles. The van der Waals surface area contributed by atoms with Crippen LogP contribution in [0.5, 0.6) is 0 Å². The van der Waals surface area contributed by atoms with Gasteiger partial charge < -0.3 is 44.5 Å². The number of cyclic esters (lactones) is 1. The van der Waals surface area contributed by atoms with E-state index in [0.29, 0.717) is 43.4 Å². The molecule has 4 aliphatic rings. The highest BCUT2D eigenvalue weighted by molar-refractivity contribution is 6.39. The van der Waals surface area contributed by atoms with Gasteiger partial charge in [0.2, 0.25) is 5.79 Å². The van der Waals surface area contributed by atoms with Crippen LogP contribution >= 0.6 is 0 Å². The summed E-state index contributed by atoms with van der Waals surface area (Å²) in [5, 5.41) is 23.7. The zero-order valence-electron chi connectivity index (χ0n) is 36.2. The zero-order valence-corrected chi connectivity index (χ0v) is 36.2. The number of aliphatic hydroxyl groups is 2. The molecule has 14 heteroatoms. The van der Waals surface area contributed by atoms with Gasteiger partial charge in [-0.2, -0.15) is 0 Å². The zero-order chi connectivity index (χ0) is 43.1. The Morgan fingerprint density at radius 2 is 1.69 bits per heavy atom. The van der Waals surface area contributed by atoms with Crippen LogP contribution in [-0.2, 0) is 42.9 Å². The molecule has 0 aromatic rings. The van der Waals surface area contributed by atoms with Crippen molar-refractivity contribution in [1.29, 1.82) is 0 Å². The minimum atomic E-state index is -2.59. The first-order valence-corrected chi connectivity index (χ1v) is 21.5. The first-order chi connectivity index (χ1) is 27.4. The van der Waals surface area contributed by atoms with Gasteiger partial charge in [-0.25, -0.2) is 9.18 Å². The summed E-state index contributed by atoms with van der Waals surface area (Å²) >= 11 is 0. The lowest BCUT2D eigenvalue weighted by Crippen LogP contribution is -2.64. The van der Waals surface area contributed by atoms with Gasteiger partial charge in [-0.05, 0) is 102 Å². The molecular formula is C44H71FN2O11.